The Balaban J connectivity index is 2.50. The fourth-order valence-electron chi connectivity index (χ4n) is 1.76. The van der Waals surface area contributed by atoms with Gasteiger partial charge < -0.3 is 9.84 Å². The molecule has 13 heavy (non-hydrogen) atoms. The quantitative estimate of drug-likeness (QED) is 0.625. The molecule has 2 rings (SSSR count). The van der Waals surface area contributed by atoms with Crippen LogP contribution in [0.15, 0.2) is 18.2 Å². The van der Waals surface area contributed by atoms with Crippen molar-refractivity contribution in [2.45, 2.75) is 18.6 Å². The first kappa shape index (κ1) is 8.53. The van der Waals surface area contributed by atoms with E-state index in [0.29, 0.717) is 6.42 Å². The zero-order chi connectivity index (χ0) is 9.47. The highest BCUT2D eigenvalue weighted by atomic mass is 16.5. The number of aliphatic hydroxyl groups is 1. The lowest BCUT2D eigenvalue weighted by Crippen LogP contribution is -2.33. The van der Waals surface area contributed by atoms with Gasteiger partial charge in [-0.05, 0) is 30.5 Å². The highest BCUT2D eigenvalue weighted by Crippen LogP contribution is 2.34. The zero-order valence-corrected chi connectivity index (χ0v) is 7.58. The van der Waals surface area contributed by atoms with Gasteiger partial charge >= 0.3 is 0 Å². The molecular formula is C10H13NO2. The molecule has 1 aliphatic rings. The van der Waals surface area contributed by atoms with E-state index < -0.39 is 5.72 Å². The van der Waals surface area contributed by atoms with Crippen LogP contribution in [-0.2, 0) is 12.1 Å². The Kier molecular flexibility index (Phi) is 1.78. The van der Waals surface area contributed by atoms with Gasteiger partial charge in [0.05, 0.1) is 7.11 Å². The van der Waals surface area contributed by atoms with Crippen molar-refractivity contribution >= 4 is 0 Å². The summed E-state index contributed by atoms with van der Waals surface area (Å²) in [5.74, 6) is 0.740. The van der Waals surface area contributed by atoms with Gasteiger partial charge in [0.2, 0.25) is 0 Å². The van der Waals surface area contributed by atoms with Crippen LogP contribution in [0.4, 0.5) is 0 Å². The van der Waals surface area contributed by atoms with Gasteiger partial charge in [-0.25, -0.2) is 0 Å². The Hall–Kier alpha value is -1.06. The van der Waals surface area contributed by atoms with E-state index in [-0.39, 0.29) is 0 Å². The summed E-state index contributed by atoms with van der Waals surface area (Å²) in [5, 5.41) is 9.79. The molecule has 0 bridgehead atoms. The van der Waals surface area contributed by atoms with E-state index in [4.69, 9.17) is 10.5 Å². The Labute approximate surface area is 77.1 Å². The number of aryl methyl sites for hydroxylation is 1. The molecule has 0 saturated heterocycles. The maximum atomic E-state index is 9.79. The molecule has 70 valence electrons. The van der Waals surface area contributed by atoms with Crippen molar-refractivity contribution < 1.29 is 9.84 Å². The van der Waals surface area contributed by atoms with Crippen LogP contribution in [0.2, 0.25) is 0 Å². The van der Waals surface area contributed by atoms with E-state index >= 15 is 0 Å². The van der Waals surface area contributed by atoms with Crippen LogP contribution in [0.1, 0.15) is 17.5 Å². The molecule has 0 amide bonds. The lowest BCUT2D eigenvalue weighted by molar-refractivity contribution is 0.0456. The third-order valence-corrected chi connectivity index (χ3v) is 2.56. The number of rotatable bonds is 1. The average Bonchev–Trinajstić information content (AvgIpc) is 2.42. The Morgan fingerprint density at radius 1 is 1.54 bits per heavy atom. The molecule has 3 nitrogen and oxygen atoms in total. The minimum Gasteiger partial charge on any atom is -0.497 e. The van der Waals surface area contributed by atoms with Crippen molar-refractivity contribution in [1.82, 2.24) is 0 Å². The molecule has 0 radical (unpaired) electrons. The van der Waals surface area contributed by atoms with Crippen LogP contribution in [0, 0.1) is 0 Å². The first-order valence-corrected chi connectivity index (χ1v) is 4.32. The summed E-state index contributed by atoms with van der Waals surface area (Å²) in [7, 11) is 1.60. The lowest BCUT2D eigenvalue weighted by Gasteiger charge is -2.17. The molecule has 1 aliphatic carbocycles. The van der Waals surface area contributed by atoms with Crippen molar-refractivity contribution in [3.8, 4) is 5.75 Å². The summed E-state index contributed by atoms with van der Waals surface area (Å²) in [6, 6.07) is 5.65. The Morgan fingerprint density at radius 2 is 2.31 bits per heavy atom. The third-order valence-electron chi connectivity index (χ3n) is 2.56. The number of hydrogen-bond donors (Lipinski definition) is 2. The Morgan fingerprint density at radius 3 is 3.00 bits per heavy atom. The number of ether oxygens (including phenoxy) is 1. The molecule has 0 spiro atoms. The van der Waals surface area contributed by atoms with Gasteiger partial charge in [0.25, 0.3) is 0 Å². The van der Waals surface area contributed by atoms with Gasteiger partial charge in [0.1, 0.15) is 11.5 Å². The van der Waals surface area contributed by atoms with Crippen molar-refractivity contribution in [3.05, 3.63) is 29.3 Å². The molecule has 3 N–H and O–H groups in total. The number of benzene rings is 1. The topological polar surface area (TPSA) is 55.5 Å². The lowest BCUT2D eigenvalue weighted by atomic mass is 10.1. The summed E-state index contributed by atoms with van der Waals surface area (Å²) in [5.41, 5.74) is 6.46. The van der Waals surface area contributed by atoms with E-state index in [2.05, 4.69) is 0 Å². The van der Waals surface area contributed by atoms with Gasteiger partial charge in [-0.1, -0.05) is 6.07 Å². The van der Waals surface area contributed by atoms with E-state index in [1.54, 1.807) is 7.11 Å². The monoisotopic (exact) mass is 179 g/mol. The number of nitrogens with two attached hydrogens (primary N) is 1. The summed E-state index contributed by atoms with van der Waals surface area (Å²) in [6.45, 7) is 0. The molecule has 0 aliphatic heterocycles. The predicted octanol–water partition coefficient (Wildman–Crippen LogP) is 0.745. The van der Waals surface area contributed by atoms with Gasteiger partial charge in [-0.15, -0.1) is 0 Å². The van der Waals surface area contributed by atoms with Crippen molar-refractivity contribution in [3.63, 3.8) is 0 Å². The predicted molar refractivity (Wildman–Crippen MR) is 49.4 cm³/mol. The molecule has 1 aromatic carbocycles. The largest absolute Gasteiger partial charge is 0.497 e. The van der Waals surface area contributed by atoms with E-state index in [1.807, 2.05) is 18.2 Å². The molecule has 0 heterocycles. The fourth-order valence-corrected chi connectivity index (χ4v) is 1.76. The van der Waals surface area contributed by atoms with Crippen molar-refractivity contribution in [1.29, 1.82) is 0 Å². The second-order valence-corrected chi connectivity index (χ2v) is 3.45. The highest BCUT2D eigenvalue weighted by Gasteiger charge is 2.32. The first-order valence-electron chi connectivity index (χ1n) is 4.32. The number of hydrogen-bond acceptors (Lipinski definition) is 3. The Bertz CT molecular complexity index is 334. The first-order chi connectivity index (χ1) is 6.13. The van der Waals surface area contributed by atoms with Crippen LogP contribution in [-0.4, -0.2) is 12.2 Å². The van der Waals surface area contributed by atoms with Crippen LogP contribution in [0.5, 0.6) is 5.75 Å². The number of methoxy groups -OCH3 is 1. The minimum absolute atomic E-state index is 0.593. The van der Waals surface area contributed by atoms with Gasteiger partial charge in [-0.3, -0.25) is 5.73 Å². The maximum Gasteiger partial charge on any atom is 0.140 e. The van der Waals surface area contributed by atoms with Crippen LogP contribution >= 0.6 is 0 Å². The SMILES string of the molecule is COc1ccc2c(c1)C(N)(O)CC2. The molecule has 0 fully saturated rings. The van der Waals surface area contributed by atoms with Crippen molar-refractivity contribution in [2.24, 2.45) is 5.73 Å². The maximum absolute atomic E-state index is 9.79. The summed E-state index contributed by atoms with van der Waals surface area (Å²) in [4.78, 5) is 0. The smallest absolute Gasteiger partial charge is 0.140 e. The molecule has 3 heteroatoms. The molecule has 0 aromatic heterocycles. The summed E-state index contributed by atoms with van der Waals surface area (Å²) in [6.07, 6.45) is 1.43. The van der Waals surface area contributed by atoms with Crippen LogP contribution in [0.3, 0.4) is 0 Å². The molecule has 1 atom stereocenters. The second-order valence-electron chi connectivity index (χ2n) is 3.45. The van der Waals surface area contributed by atoms with Crippen LogP contribution < -0.4 is 10.5 Å². The number of fused-ring (bicyclic) bond motifs is 1. The average molecular weight is 179 g/mol. The van der Waals surface area contributed by atoms with E-state index in [1.165, 1.54) is 0 Å². The second kappa shape index (κ2) is 2.72. The van der Waals surface area contributed by atoms with Gasteiger partial charge in [-0.2, -0.15) is 0 Å². The minimum atomic E-state index is -1.16. The molecular weight excluding hydrogens is 166 g/mol. The van der Waals surface area contributed by atoms with Gasteiger partial charge in [0, 0.05) is 5.56 Å². The molecule has 0 saturated carbocycles. The standard InChI is InChI=1S/C10H13NO2/c1-13-8-3-2-7-4-5-10(11,12)9(7)6-8/h2-3,6,12H,4-5,11H2,1H3. The van der Waals surface area contributed by atoms with Gasteiger partial charge in [0.15, 0.2) is 0 Å². The van der Waals surface area contributed by atoms with Crippen molar-refractivity contribution in [2.75, 3.05) is 7.11 Å². The highest BCUT2D eigenvalue weighted by molar-refractivity contribution is 5.42. The molecule has 1 unspecified atom stereocenters. The van der Waals surface area contributed by atoms with Crippen LogP contribution in [0.25, 0.3) is 0 Å². The zero-order valence-electron chi connectivity index (χ0n) is 7.58. The van der Waals surface area contributed by atoms with E-state index in [9.17, 15) is 5.11 Å². The summed E-state index contributed by atoms with van der Waals surface area (Å²) < 4.78 is 5.07. The summed E-state index contributed by atoms with van der Waals surface area (Å²) >= 11 is 0. The third kappa shape index (κ3) is 1.30. The fraction of sp³-hybridized carbons (Fsp3) is 0.400. The normalized spacial score (nSPS) is 25.8. The molecule has 1 aromatic rings. The van der Waals surface area contributed by atoms with E-state index in [0.717, 1.165) is 23.3 Å².